The smallest absolute Gasteiger partial charge is 0.188 e. The average Bonchev–Trinajstić information content (AvgIpc) is 2.46. The molecule has 0 atom stereocenters. The highest BCUT2D eigenvalue weighted by Crippen LogP contribution is 2.10. The van der Waals surface area contributed by atoms with Gasteiger partial charge in [-0.05, 0) is 17.5 Å². The van der Waals surface area contributed by atoms with E-state index in [2.05, 4.69) is 29.4 Å². The molecule has 0 saturated heterocycles. The number of nitrogens with two attached hydrogens (primary N) is 1. The number of hydrogen-bond acceptors (Lipinski definition) is 2. The van der Waals surface area contributed by atoms with Crippen LogP contribution in [0.5, 0.6) is 0 Å². The topological polar surface area (TPSA) is 59.6 Å². The maximum atomic E-state index is 5.87. The summed E-state index contributed by atoms with van der Waals surface area (Å²) in [5, 5.41) is 3.16. The van der Waals surface area contributed by atoms with Crippen molar-refractivity contribution >= 4 is 5.96 Å². The lowest BCUT2D eigenvalue weighted by Gasteiger charge is -2.08. The van der Waals surface area contributed by atoms with Crippen molar-refractivity contribution in [3.63, 3.8) is 0 Å². The average molecular weight is 277 g/mol. The molecule has 0 radical (unpaired) electrons. The third-order valence-corrected chi connectivity index (χ3v) is 3.17. The Morgan fingerprint density at radius 1 is 1.20 bits per heavy atom. The van der Waals surface area contributed by atoms with Crippen molar-refractivity contribution in [1.82, 2.24) is 5.32 Å². The predicted octanol–water partition coefficient (Wildman–Crippen LogP) is 2.82. The molecule has 112 valence electrons. The monoisotopic (exact) mass is 277 g/mol. The number of unbranched alkanes of at least 4 members (excludes halogenated alkanes) is 3. The third-order valence-electron chi connectivity index (χ3n) is 3.17. The molecule has 1 aromatic rings. The molecule has 0 saturated carbocycles. The van der Waals surface area contributed by atoms with Crippen molar-refractivity contribution in [3.05, 3.63) is 35.4 Å². The minimum absolute atomic E-state index is 0.522. The van der Waals surface area contributed by atoms with Crippen LogP contribution in [0.3, 0.4) is 0 Å². The van der Waals surface area contributed by atoms with E-state index in [-0.39, 0.29) is 0 Å². The van der Waals surface area contributed by atoms with Crippen molar-refractivity contribution in [3.8, 4) is 0 Å². The Morgan fingerprint density at radius 2 is 1.95 bits per heavy atom. The van der Waals surface area contributed by atoms with Gasteiger partial charge in [-0.15, -0.1) is 0 Å². The van der Waals surface area contributed by atoms with Crippen molar-refractivity contribution in [2.45, 2.75) is 45.8 Å². The van der Waals surface area contributed by atoms with Gasteiger partial charge in [0.15, 0.2) is 5.96 Å². The molecule has 3 N–H and O–H groups in total. The van der Waals surface area contributed by atoms with Crippen LogP contribution in [-0.2, 0) is 17.9 Å². The second kappa shape index (κ2) is 10.3. The lowest BCUT2D eigenvalue weighted by Crippen LogP contribution is -2.32. The Morgan fingerprint density at radius 3 is 2.65 bits per heavy atom. The second-order valence-electron chi connectivity index (χ2n) is 4.89. The molecule has 0 spiro atoms. The number of nitrogens with one attached hydrogen (secondary N) is 1. The first kappa shape index (κ1) is 16.5. The largest absolute Gasteiger partial charge is 0.380 e. The molecular formula is C16H27N3O. The van der Waals surface area contributed by atoms with E-state index in [4.69, 9.17) is 10.5 Å². The summed E-state index contributed by atoms with van der Waals surface area (Å²) in [6.07, 6.45) is 4.92. The van der Waals surface area contributed by atoms with Gasteiger partial charge in [0.2, 0.25) is 0 Å². The first-order chi connectivity index (χ1) is 9.77. The molecule has 0 aromatic heterocycles. The Kier molecular flexibility index (Phi) is 8.47. The zero-order chi connectivity index (χ0) is 14.6. The molecule has 4 nitrogen and oxygen atoms in total. The van der Waals surface area contributed by atoms with Gasteiger partial charge in [0.1, 0.15) is 0 Å². The molecule has 1 rings (SSSR count). The Balaban J connectivity index is 2.38. The van der Waals surface area contributed by atoms with Gasteiger partial charge in [0.25, 0.3) is 0 Å². The first-order valence-corrected chi connectivity index (χ1v) is 7.37. The normalized spacial score (nSPS) is 11.6. The van der Waals surface area contributed by atoms with Crippen molar-refractivity contribution in [2.75, 3.05) is 13.7 Å². The summed E-state index contributed by atoms with van der Waals surface area (Å²) in [5.41, 5.74) is 8.19. The van der Waals surface area contributed by atoms with Crippen LogP contribution in [0, 0.1) is 0 Å². The van der Waals surface area contributed by atoms with Gasteiger partial charge >= 0.3 is 0 Å². The number of rotatable bonds is 9. The standard InChI is InChI=1S/C16H27N3O/c1-3-4-5-8-11-18-16(17)19-12-14-9-6-7-10-15(14)13-20-2/h6-7,9-10H,3-5,8,11-13H2,1-2H3,(H3,17,18,19). The van der Waals surface area contributed by atoms with Crippen LogP contribution in [0.2, 0.25) is 0 Å². The van der Waals surface area contributed by atoms with E-state index in [9.17, 15) is 0 Å². The van der Waals surface area contributed by atoms with E-state index < -0.39 is 0 Å². The minimum atomic E-state index is 0.522. The van der Waals surface area contributed by atoms with E-state index in [0.29, 0.717) is 19.1 Å². The van der Waals surface area contributed by atoms with Gasteiger partial charge in [-0.3, -0.25) is 0 Å². The number of aliphatic imine (C=N–C) groups is 1. The molecule has 0 aliphatic heterocycles. The van der Waals surface area contributed by atoms with Crippen molar-refractivity contribution in [2.24, 2.45) is 10.7 Å². The summed E-state index contributed by atoms with van der Waals surface area (Å²) in [4.78, 5) is 4.38. The third kappa shape index (κ3) is 6.57. The quantitative estimate of drug-likeness (QED) is 0.414. The number of benzene rings is 1. The number of guanidine groups is 1. The number of hydrogen-bond donors (Lipinski definition) is 2. The molecule has 0 unspecified atom stereocenters. The summed E-state index contributed by atoms with van der Waals surface area (Å²) in [6, 6.07) is 8.14. The summed E-state index contributed by atoms with van der Waals surface area (Å²) >= 11 is 0. The number of nitrogens with zero attached hydrogens (tertiary/aromatic N) is 1. The molecule has 0 fully saturated rings. The zero-order valence-corrected chi connectivity index (χ0v) is 12.7. The van der Waals surface area contributed by atoms with Crippen LogP contribution < -0.4 is 11.1 Å². The summed E-state index contributed by atoms with van der Waals surface area (Å²) in [5.74, 6) is 0.522. The van der Waals surface area contributed by atoms with E-state index in [1.807, 2.05) is 12.1 Å². The number of ether oxygens (including phenoxy) is 1. The van der Waals surface area contributed by atoms with Gasteiger partial charge in [-0.25, -0.2) is 4.99 Å². The van der Waals surface area contributed by atoms with Gasteiger partial charge < -0.3 is 15.8 Å². The molecule has 1 aromatic carbocycles. The maximum Gasteiger partial charge on any atom is 0.188 e. The van der Waals surface area contributed by atoms with Crippen molar-refractivity contribution < 1.29 is 4.74 Å². The summed E-state index contributed by atoms with van der Waals surface area (Å²) in [6.45, 7) is 4.30. The molecular weight excluding hydrogens is 250 g/mol. The highest BCUT2D eigenvalue weighted by atomic mass is 16.5. The number of methoxy groups -OCH3 is 1. The van der Waals surface area contributed by atoms with Crippen LogP contribution >= 0.6 is 0 Å². The van der Waals surface area contributed by atoms with E-state index >= 15 is 0 Å². The molecule has 20 heavy (non-hydrogen) atoms. The van der Waals surface area contributed by atoms with Crippen molar-refractivity contribution in [1.29, 1.82) is 0 Å². The Bertz CT molecular complexity index is 404. The van der Waals surface area contributed by atoms with Crippen LogP contribution in [-0.4, -0.2) is 19.6 Å². The highest BCUT2D eigenvalue weighted by Gasteiger charge is 2.00. The van der Waals surface area contributed by atoms with Gasteiger partial charge in [-0.2, -0.15) is 0 Å². The Labute approximate surface area is 122 Å². The van der Waals surface area contributed by atoms with Gasteiger partial charge in [0.05, 0.1) is 13.2 Å². The van der Waals surface area contributed by atoms with Crippen LogP contribution in [0.25, 0.3) is 0 Å². The van der Waals surface area contributed by atoms with Crippen LogP contribution in [0.15, 0.2) is 29.3 Å². The highest BCUT2D eigenvalue weighted by molar-refractivity contribution is 5.77. The van der Waals surface area contributed by atoms with E-state index in [0.717, 1.165) is 24.1 Å². The fourth-order valence-corrected chi connectivity index (χ4v) is 2.00. The predicted molar refractivity (Wildman–Crippen MR) is 84.6 cm³/mol. The molecule has 0 amide bonds. The van der Waals surface area contributed by atoms with Gasteiger partial charge in [0, 0.05) is 13.7 Å². The van der Waals surface area contributed by atoms with Crippen LogP contribution in [0.4, 0.5) is 0 Å². The SMILES string of the molecule is CCCCCCNC(N)=NCc1ccccc1COC. The van der Waals surface area contributed by atoms with E-state index in [1.54, 1.807) is 7.11 Å². The van der Waals surface area contributed by atoms with E-state index in [1.165, 1.54) is 19.3 Å². The minimum Gasteiger partial charge on any atom is -0.380 e. The molecule has 0 aliphatic rings. The maximum absolute atomic E-state index is 5.87. The summed E-state index contributed by atoms with van der Waals surface area (Å²) < 4.78 is 5.18. The molecule has 0 bridgehead atoms. The fraction of sp³-hybridized carbons (Fsp3) is 0.562. The fourth-order valence-electron chi connectivity index (χ4n) is 2.00. The Hall–Kier alpha value is -1.55. The second-order valence-corrected chi connectivity index (χ2v) is 4.89. The van der Waals surface area contributed by atoms with Crippen LogP contribution in [0.1, 0.15) is 43.7 Å². The molecule has 0 heterocycles. The van der Waals surface area contributed by atoms with Gasteiger partial charge in [-0.1, -0.05) is 50.5 Å². The zero-order valence-electron chi connectivity index (χ0n) is 12.7. The lowest BCUT2D eigenvalue weighted by molar-refractivity contribution is 0.184. The summed E-state index contributed by atoms with van der Waals surface area (Å²) in [7, 11) is 1.70. The first-order valence-electron chi connectivity index (χ1n) is 7.37. The molecule has 0 aliphatic carbocycles. The lowest BCUT2D eigenvalue weighted by atomic mass is 10.1. The molecule has 4 heteroatoms.